The molecule has 24 heavy (non-hydrogen) atoms. The minimum Gasteiger partial charge on any atom is -0.383 e. The molecular formula is C19H25N3O2. The number of amides is 2. The fourth-order valence-electron chi connectivity index (χ4n) is 4.42. The van der Waals surface area contributed by atoms with Gasteiger partial charge in [-0.25, -0.2) is 0 Å². The van der Waals surface area contributed by atoms with Crippen molar-refractivity contribution in [1.29, 1.82) is 0 Å². The van der Waals surface area contributed by atoms with Gasteiger partial charge in [-0.3, -0.25) is 9.59 Å². The Balaban J connectivity index is 1.53. The van der Waals surface area contributed by atoms with E-state index in [0.717, 1.165) is 30.6 Å². The minimum atomic E-state index is -0.245. The number of nitrogens with zero attached hydrogens (tertiary/aromatic N) is 2. The van der Waals surface area contributed by atoms with E-state index in [1.165, 1.54) is 12.8 Å². The summed E-state index contributed by atoms with van der Waals surface area (Å²) in [6, 6.07) is 8.20. The van der Waals surface area contributed by atoms with Crippen LogP contribution in [0.5, 0.6) is 0 Å². The van der Waals surface area contributed by atoms with Crippen molar-refractivity contribution in [3.8, 4) is 0 Å². The van der Waals surface area contributed by atoms with Crippen LogP contribution in [0.25, 0.3) is 0 Å². The van der Waals surface area contributed by atoms with Crippen molar-refractivity contribution in [2.24, 2.45) is 0 Å². The largest absolute Gasteiger partial charge is 0.383 e. The molecule has 1 aromatic rings. The van der Waals surface area contributed by atoms with Crippen LogP contribution in [-0.4, -0.2) is 46.8 Å². The van der Waals surface area contributed by atoms with E-state index in [-0.39, 0.29) is 23.9 Å². The zero-order valence-corrected chi connectivity index (χ0v) is 14.0. The van der Waals surface area contributed by atoms with Gasteiger partial charge in [-0.05, 0) is 30.9 Å². The number of hydrogen-bond donors (Lipinski definition) is 1. The molecule has 1 N–H and O–H groups in total. The fraction of sp³-hybridized carbons (Fsp3) is 0.579. The van der Waals surface area contributed by atoms with E-state index >= 15 is 0 Å². The molecule has 128 valence electrons. The third-order valence-electron chi connectivity index (χ3n) is 5.65. The third kappa shape index (κ3) is 2.76. The maximum Gasteiger partial charge on any atom is 0.245 e. The van der Waals surface area contributed by atoms with E-state index in [4.69, 9.17) is 0 Å². The summed E-state index contributed by atoms with van der Waals surface area (Å²) in [7, 11) is 0. The van der Waals surface area contributed by atoms with Crippen molar-refractivity contribution in [2.75, 3.05) is 18.4 Å². The maximum absolute atomic E-state index is 13.2. The smallest absolute Gasteiger partial charge is 0.245 e. The fourth-order valence-corrected chi connectivity index (χ4v) is 4.42. The van der Waals surface area contributed by atoms with Crippen LogP contribution in [0.15, 0.2) is 24.3 Å². The van der Waals surface area contributed by atoms with Crippen LogP contribution in [0, 0.1) is 0 Å². The Morgan fingerprint density at radius 3 is 2.75 bits per heavy atom. The average molecular weight is 327 g/mol. The second-order valence-corrected chi connectivity index (χ2v) is 7.14. The predicted octanol–water partition coefficient (Wildman–Crippen LogP) is 2.37. The molecule has 1 unspecified atom stereocenters. The number of rotatable bonds is 2. The third-order valence-corrected chi connectivity index (χ3v) is 5.65. The van der Waals surface area contributed by atoms with Crippen molar-refractivity contribution in [1.82, 2.24) is 9.80 Å². The SMILES string of the molecule is O=C(C1CCC(=O)N1C1CCCC1)N1CCNc2ccccc2C1. The maximum atomic E-state index is 13.2. The number of benzene rings is 1. The molecule has 2 aliphatic heterocycles. The van der Waals surface area contributed by atoms with Gasteiger partial charge >= 0.3 is 0 Å². The van der Waals surface area contributed by atoms with Crippen molar-refractivity contribution in [3.05, 3.63) is 29.8 Å². The van der Waals surface area contributed by atoms with Crippen LogP contribution in [0.2, 0.25) is 0 Å². The Hall–Kier alpha value is -2.04. The van der Waals surface area contributed by atoms with E-state index in [1.807, 2.05) is 21.9 Å². The van der Waals surface area contributed by atoms with E-state index in [1.54, 1.807) is 0 Å². The Bertz CT molecular complexity index is 639. The van der Waals surface area contributed by atoms with Crippen molar-refractivity contribution < 1.29 is 9.59 Å². The Morgan fingerprint density at radius 1 is 1.12 bits per heavy atom. The van der Waals surface area contributed by atoms with E-state index < -0.39 is 0 Å². The quantitative estimate of drug-likeness (QED) is 0.907. The number of hydrogen-bond acceptors (Lipinski definition) is 3. The van der Waals surface area contributed by atoms with Crippen molar-refractivity contribution in [2.45, 2.75) is 57.2 Å². The minimum absolute atomic E-state index is 0.131. The summed E-state index contributed by atoms with van der Waals surface area (Å²) in [4.78, 5) is 29.4. The molecular weight excluding hydrogens is 302 g/mol. The second kappa shape index (κ2) is 6.46. The molecule has 1 aliphatic carbocycles. The summed E-state index contributed by atoms with van der Waals surface area (Å²) < 4.78 is 0. The Kier molecular flexibility index (Phi) is 4.17. The first kappa shape index (κ1) is 15.5. The molecule has 2 fully saturated rings. The second-order valence-electron chi connectivity index (χ2n) is 7.14. The molecule has 3 aliphatic rings. The lowest BCUT2D eigenvalue weighted by Gasteiger charge is -2.33. The van der Waals surface area contributed by atoms with Crippen LogP contribution >= 0.6 is 0 Å². The summed E-state index contributed by atoms with van der Waals surface area (Å²) in [6.07, 6.45) is 5.67. The zero-order valence-electron chi connectivity index (χ0n) is 14.0. The first-order valence-electron chi connectivity index (χ1n) is 9.16. The molecule has 2 amide bonds. The summed E-state index contributed by atoms with van der Waals surface area (Å²) in [5, 5.41) is 3.40. The molecule has 0 bridgehead atoms. The summed E-state index contributed by atoms with van der Waals surface area (Å²) in [5.74, 6) is 0.305. The lowest BCUT2D eigenvalue weighted by Crippen LogP contribution is -2.50. The van der Waals surface area contributed by atoms with Gasteiger partial charge in [0, 0.05) is 37.8 Å². The molecule has 0 aromatic heterocycles. The van der Waals surface area contributed by atoms with Crippen LogP contribution in [-0.2, 0) is 16.1 Å². The zero-order chi connectivity index (χ0) is 16.5. The summed E-state index contributed by atoms with van der Waals surface area (Å²) >= 11 is 0. The van der Waals surface area contributed by atoms with Gasteiger partial charge < -0.3 is 15.1 Å². The number of carbonyl (C=O) groups is 2. The summed E-state index contributed by atoms with van der Waals surface area (Å²) in [6.45, 7) is 2.08. The molecule has 1 atom stereocenters. The van der Waals surface area contributed by atoms with Gasteiger partial charge in [-0.1, -0.05) is 31.0 Å². The van der Waals surface area contributed by atoms with Gasteiger partial charge in [0.25, 0.3) is 0 Å². The molecule has 0 spiro atoms. The van der Waals surface area contributed by atoms with Gasteiger partial charge in [-0.15, -0.1) is 0 Å². The average Bonchev–Trinajstić information content (AvgIpc) is 3.18. The number of fused-ring (bicyclic) bond motifs is 1. The first-order valence-corrected chi connectivity index (χ1v) is 9.16. The predicted molar refractivity (Wildman–Crippen MR) is 92.5 cm³/mol. The Morgan fingerprint density at radius 2 is 1.92 bits per heavy atom. The normalized spacial score (nSPS) is 24.7. The van der Waals surface area contributed by atoms with Crippen molar-refractivity contribution in [3.63, 3.8) is 0 Å². The van der Waals surface area contributed by atoms with Gasteiger partial charge in [0.1, 0.15) is 6.04 Å². The lowest BCUT2D eigenvalue weighted by atomic mass is 10.1. The van der Waals surface area contributed by atoms with E-state index in [0.29, 0.717) is 25.9 Å². The number of anilines is 1. The van der Waals surface area contributed by atoms with Gasteiger partial charge in [0.05, 0.1) is 0 Å². The van der Waals surface area contributed by atoms with Gasteiger partial charge in [0.15, 0.2) is 0 Å². The molecule has 0 radical (unpaired) electrons. The number of nitrogens with one attached hydrogen (secondary N) is 1. The van der Waals surface area contributed by atoms with E-state index in [9.17, 15) is 9.59 Å². The number of likely N-dealkylation sites (tertiary alicyclic amines) is 1. The van der Waals surface area contributed by atoms with Crippen LogP contribution in [0.4, 0.5) is 5.69 Å². The standard InChI is InChI=1S/C19H25N3O2/c23-18-10-9-17(22(18)15-6-2-3-7-15)19(24)21-12-11-20-16-8-4-1-5-14(16)13-21/h1,4-5,8,15,17,20H,2-3,6-7,9-13H2. The lowest BCUT2D eigenvalue weighted by molar-refractivity contribution is -0.143. The topological polar surface area (TPSA) is 52.7 Å². The highest BCUT2D eigenvalue weighted by molar-refractivity contribution is 5.91. The van der Waals surface area contributed by atoms with Crippen LogP contribution < -0.4 is 5.32 Å². The van der Waals surface area contributed by atoms with Crippen LogP contribution in [0.3, 0.4) is 0 Å². The molecule has 1 saturated heterocycles. The number of carbonyl (C=O) groups excluding carboxylic acids is 2. The highest BCUT2D eigenvalue weighted by atomic mass is 16.2. The Labute approximate surface area is 143 Å². The molecule has 5 nitrogen and oxygen atoms in total. The first-order chi connectivity index (χ1) is 11.7. The molecule has 1 saturated carbocycles. The van der Waals surface area contributed by atoms with Crippen LogP contribution in [0.1, 0.15) is 44.1 Å². The van der Waals surface area contributed by atoms with Crippen molar-refractivity contribution >= 4 is 17.5 Å². The highest BCUT2D eigenvalue weighted by Crippen LogP contribution is 2.32. The van der Waals surface area contributed by atoms with Gasteiger partial charge in [0.2, 0.25) is 11.8 Å². The molecule has 5 heteroatoms. The monoisotopic (exact) mass is 327 g/mol. The molecule has 2 heterocycles. The van der Waals surface area contributed by atoms with Gasteiger partial charge in [-0.2, -0.15) is 0 Å². The highest BCUT2D eigenvalue weighted by Gasteiger charge is 2.42. The summed E-state index contributed by atoms with van der Waals surface area (Å²) in [5.41, 5.74) is 2.27. The van der Waals surface area contributed by atoms with E-state index in [2.05, 4.69) is 17.4 Å². The molecule has 4 rings (SSSR count). The number of para-hydroxylation sites is 1. The molecule has 1 aromatic carbocycles.